The molecule has 2 aromatic carbocycles. The highest BCUT2D eigenvalue weighted by atomic mass is 19.1. The molecule has 1 saturated carbocycles. The molecule has 0 bridgehead atoms. The Morgan fingerprint density at radius 2 is 1.89 bits per heavy atom. The first-order valence-corrected chi connectivity index (χ1v) is 12.7. The van der Waals surface area contributed by atoms with Crippen molar-refractivity contribution < 1.29 is 14.3 Å². The molecule has 2 fully saturated rings. The Labute approximate surface area is 207 Å². The summed E-state index contributed by atoms with van der Waals surface area (Å²) in [5.41, 5.74) is 5.26. The Bertz CT molecular complexity index is 1170. The van der Waals surface area contributed by atoms with Crippen LogP contribution in [0.3, 0.4) is 0 Å². The minimum Gasteiger partial charge on any atom is -0.508 e. The average Bonchev–Trinajstić information content (AvgIpc) is 2.85. The van der Waals surface area contributed by atoms with Crippen LogP contribution in [-0.4, -0.2) is 24.5 Å². The predicted molar refractivity (Wildman–Crippen MR) is 139 cm³/mol. The maximum Gasteiger partial charge on any atom is 0.146 e. The van der Waals surface area contributed by atoms with Gasteiger partial charge in [-0.15, -0.1) is 0 Å². The molecule has 2 aromatic rings. The monoisotopic (exact) mass is 471 g/mol. The topological polar surface area (TPSA) is 40.5 Å². The summed E-state index contributed by atoms with van der Waals surface area (Å²) in [4.78, 5) is 13.2. The van der Waals surface area contributed by atoms with Crippen LogP contribution >= 0.6 is 0 Å². The molecule has 1 heterocycles. The lowest BCUT2D eigenvalue weighted by Crippen LogP contribution is -2.47. The fourth-order valence-electron chi connectivity index (χ4n) is 6.81. The minimum absolute atomic E-state index is 0.0213. The Morgan fingerprint density at radius 1 is 1.11 bits per heavy atom. The van der Waals surface area contributed by atoms with Crippen LogP contribution < -0.4 is 4.90 Å². The first kappa shape index (κ1) is 23.6. The molecule has 3 nitrogen and oxygen atoms in total. The van der Waals surface area contributed by atoms with Crippen LogP contribution in [0.4, 0.5) is 10.1 Å². The van der Waals surface area contributed by atoms with E-state index in [2.05, 4.69) is 24.1 Å². The number of nitrogens with zero attached hydrogens (tertiary/aromatic N) is 1. The fraction of sp³-hybridized carbons (Fsp3) is 0.387. The van der Waals surface area contributed by atoms with Gasteiger partial charge in [0.15, 0.2) is 0 Å². The summed E-state index contributed by atoms with van der Waals surface area (Å²) in [5, 5.41) is 10.0. The van der Waals surface area contributed by atoms with Crippen LogP contribution in [0.5, 0.6) is 5.75 Å². The second-order valence-corrected chi connectivity index (χ2v) is 10.6. The molecule has 35 heavy (non-hydrogen) atoms. The van der Waals surface area contributed by atoms with E-state index in [0.717, 1.165) is 80.2 Å². The van der Waals surface area contributed by atoms with Crippen molar-refractivity contribution in [1.29, 1.82) is 0 Å². The molecule has 182 valence electrons. The largest absolute Gasteiger partial charge is 0.508 e. The molecule has 0 amide bonds. The van der Waals surface area contributed by atoms with Gasteiger partial charge in [-0.1, -0.05) is 43.5 Å². The standard InChI is InChI=1S/C31H34FNO2/c1-3-5-22(4-2)26-9-6-23-16-25(35)8-10-27(23)30(26)24-7-11-29(28(32)17-24)33-14-12-31(13-15-33)18-21(19-31)20-34/h3-5,7-8,10-11,16-17,20-21,26,30,35H,1-2,6,9,12-15,18-19H2/b22-5+. The molecule has 1 N–H and O–H groups in total. The van der Waals surface area contributed by atoms with E-state index in [-0.39, 0.29) is 29.3 Å². The Hall–Kier alpha value is -3.14. The molecule has 2 aliphatic carbocycles. The van der Waals surface area contributed by atoms with E-state index < -0.39 is 0 Å². The number of phenolic OH excluding ortho intramolecular Hbond substituents is 1. The number of hydrogen-bond donors (Lipinski definition) is 1. The zero-order valence-electron chi connectivity index (χ0n) is 20.3. The van der Waals surface area contributed by atoms with Gasteiger partial charge in [-0.3, -0.25) is 0 Å². The molecule has 0 aromatic heterocycles. The number of carbonyl (C=O) groups is 1. The Morgan fingerprint density at radius 3 is 2.54 bits per heavy atom. The van der Waals surface area contributed by atoms with E-state index in [1.807, 2.05) is 30.4 Å². The molecule has 1 aliphatic heterocycles. The van der Waals surface area contributed by atoms with Crippen LogP contribution in [-0.2, 0) is 11.2 Å². The Kier molecular flexibility index (Phi) is 6.39. The van der Waals surface area contributed by atoms with Gasteiger partial charge >= 0.3 is 0 Å². The maximum absolute atomic E-state index is 15.6. The number of phenols is 1. The third-order valence-corrected chi connectivity index (χ3v) is 8.64. The highest BCUT2D eigenvalue weighted by molar-refractivity contribution is 5.56. The molecule has 4 heteroatoms. The third kappa shape index (κ3) is 4.35. The van der Waals surface area contributed by atoms with Crippen LogP contribution in [0.1, 0.15) is 54.7 Å². The highest BCUT2D eigenvalue weighted by Gasteiger charge is 2.45. The van der Waals surface area contributed by atoms with Gasteiger partial charge in [0.25, 0.3) is 0 Å². The number of carbonyl (C=O) groups excluding carboxylic acids is 1. The summed E-state index contributed by atoms with van der Waals surface area (Å²) >= 11 is 0. The summed E-state index contributed by atoms with van der Waals surface area (Å²) in [6, 6.07) is 11.3. The number of halogens is 1. The molecule has 3 aliphatic rings. The maximum atomic E-state index is 15.6. The normalized spacial score (nSPS) is 23.9. The number of allylic oxidation sites excluding steroid dienone is 4. The number of aryl methyl sites for hydroxylation is 1. The quantitative estimate of drug-likeness (QED) is 0.376. The zero-order chi connectivity index (χ0) is 24.6. The van der Waals surface area contributed by atoms with Gasteiger partial charge in [-0.05, 0) is 96.4 Å². The van der Waals surface area contributed by atoms with Gasteiger partial charge in [0.05, 0.1) is 5.69 Å². The summed E-state index contributed by atoms with van der Waals surface area (Å²) in [7, 11) is 0. The third-order valence-electron chi connectivity index (χ3n) is 8.64. The van der Waals surface area contributed by atoms with Gasteiger partial charge in [0.1, 0.15) is 17.9 Å². The van der Waals surface area contributed by atoms with E-state index in [9.17, 15) is 9.90 Å². The van der Waals surface area contributed by atoms with Gasteiger partial charge in [0, 0.05) is 24.9 Å². The van der Waals surface area contributed by atoms with E-state index in [0.29, 0.717) is 11.1 Å². The second-order valence-electron chi connectivity index (χ2n) is 10.6. The van der Waals surface area contributed by atoms with Crippen molar-refractivity contribution in [3.63, 3.8) is 0 Å². The van der Waals surface area contributed by atoms with Gasteiger partial charge in [-0.2, -0.15) is 0 Å². The summed E-state index contributed by atoms with van der Waals surface area (Å²) < 4.78 is 15.6. The number of fused-ring (bicyclic) bond motifs is 1. The smallest absolute Gasteiger partial charge is 0.146 e. The number of rotatable bonds is 6. The van der Waals surface area contributed by atoms with Crippen LogP contribution in [0, 0.1) is 23.1 Å². The van der Waals surface area contributed by atoms with Crippen molar-refractivity contribution in [1.82, 2.24) is 0 Å². The van der Waals surface area contributed by atoms with E-state index in [4.69, 9.17) is 0 Å². The van der Waals surface area contributed by atoms with Gasteiger partial charge in [-0.25, -0.2) is 4.39 Å². The van der Waals surface area contributed by atoms with Crippen molar-refractivity contribution in [3.8, 4) is 5.75 Å². The molecular formula is C31H34FNO2. The number of anilines is 1. The molecular weight excluding hydrogens is 437 g/mol. The Balaban J connectivity index is 1.43. The molecule has 2 atom stereocenters. The number of piperidine rings is 1. The number of aromatic hydroxyl groups is 1. The minimum atomic E-state index is -0.185. The van der Waals surface area contributed by atoms with Gasteiger partial charge in [0.2, 0.25) is 0 Å². The first-order valence-electron chi connectivity index (χ1n) is 12.7. The van der Waals surface area contributed by atoms with E-state index >= 15 is 4.39 Å². The van der Waals surface area contributed by atoms with Crippen molar-refractivity contribution in [2.45, 2.75) is 44.4 Å². The molecule has 1 spiro atoms. The van der Waals surface area contributed by atoms with Crippen molar-refractivity contribution in [2.75, 3.05) is 18.0 Å². The lowest BCUT2D eigenvalue weighted by atomic mass is 9.58. The highest BCUT2D eigenvalue weighted by Crippen LogP contribution is 2.52. The number of hydrogen-bond acceptors (Lipinski definition) is 3. The average molecular weight is 472 g/mol. The van der Waals surface area contributed by atoms with Crippen molar-refractivity contribution >= 4 is 12.0 Å². The van der Waals surface area contributed by atoms with Crippen molar-refractivity contribution in [3.05, 3.63) is 95.9 Å². The number of aldehydes is 1. The van der Waals surface area contributed by atoms with Crippen LogP contribution in [0.25, 0.3) is 0 Å². The molecule has 0 radical (unpaired) electrons. The lowest BCUT2D eigenvalue weighted by Gasteiger charge is -2.51. The van der Waals surface area contributed by atoms with Crippen LogP contribution in [0.15, 0.2) is 73.4 Å². The number of benzene rings is 2. The first-order chi connectivity index (χ1) is 17.0. The van der Waals surface area contributed by atoms with Gasteiger partial charge < -0.3 is 14.8 Å². The predicted octanol–water partition coefficient (Wildman–Crippen LogP) is 6.72. The van der Waals surface area contributed by atoms with E-state index in [1.165, 1.54) is 0 Å². The zero-order valence-corrected chi connectivity index (χ0v) is 20.3. The molecule has 1 saturated heterocycles. The van der Waals surface area contributed by atoms with E-state index in [1.54, 1.807) is 18.2 Å². The van der Waals surface area contributed by atoms with Crippen molar-refractivity contribution in [2.24, 2.45) is 17.3 Å². The molecule has 2 unspecified atom stereocenters. The SMILES string of the molecule is C=C/C=C(\C=C)C1CCc2cc(O)ccc2C1c1ccc(N2CCC3(CC2)CC(C=O)C3)c(F)c1. The second kappa shape index (κ2) is 9.49. The summed E-state index contributed by atoms with van der Waals surface area (Å²) in [6.45, 7) is 9.55. The fourth-order valence-corrected chi connectivity index (χ4v) is 6.81. The summed E-state index contributed by atoms with van der Waals surface area (Å²) in [5.74, 6) is 0.442. The van der Waals surface area contributed by atoms with Crippen LogP contribution in [0.2, 0.25) is 0 Å². The molecule has 5 rings (SSSR count). The summed E-state index contributed by atoms with van der Waals surface area (Å²) in [6.07, 6.45) is 12.5. The lowest BCUT2D eigenvalue weighted by molar-refractivity contribution is -0.118.